The van der Waals surface area contributed by atoms with Crippen LogP contribution in [0.2, 0.25) is 5.02 Å². The number of anilines is 1. The number of hydrazine groups is 1. The molecule has 1 saturated carbocycles. The number of amides is 1. The first-order chi connectivity index (χ1) is 15.0. The zero-order valence-corrected chi connectivity index (χ0v) is 18.5. The molecule has 7 nitrogen and oxygen atoms in total. The first kappa shape index (κ1) is 22.7. The van der Waals surface area contributed by atoms with E-state index in [4.69, 9.17) is 11.6 Å². The predicted molar refractivity (Wildman–Crippen MR) is 126 cm³/mol. The van der Waals surface area contributed by atoms with Gasteiger partial charge in [0.15, 0.2) is 0 Å². The number of carbonyl (C=O) groups excluding carboxylic acids is 1. The molecule has 162 valence electrons. The molecule has 0 aromatic carbocycles. The fourth-order valence-corrected chi connectivity index (χ4v) is 3.12. The number of carbonyl (C=O) groups is 1. The molecule has 0 radical (unpaired) electrons. The Balaban J connectivity index is 1.68. The molecule has 1 aliphatic rings. The monoisotopic (exact) mass is 438 g/mol. The van der Waals surface area contributed by atoms with Crippen LogP contribution in [0.5, 0.6) is 0 Å². The summed E-state index contributed by atoms with van der Waals surface area (Å²) in [6.07, 6.45) is 11.5. The van der Waals surface area contributed by atoms with Crippen molar-refractivity contribution in [2.75, 3.05) is 5.32 Å². The van der Waals surface area contributed by atoms with Crippen molar-refractivity contribution in [3.05, 3.63) is 66.4 Å². The van der Waals surface area contributed by atoms with Crippen molar-refractivity contribution in [3.8, 4) is 11.1 Å². The summed E-state index contributed by atoms with van der Waals surface area (Å²) in [5.41, 5.74) is 8.51. The van der Waals surface area contributed by atoms with Crippen LogP contribution in [0.3, 0.4) is 0 Å². The summed E-state index contributed by atoms with van der Waals surface area (Å²) in [4.78, 5) is 25.9. The van der Waals surface area contributed by atoms with Crippen molar-refractivity contribution < 1.29 is 4.79 Å². The van der Waals surface area contributed by atoms with Crippen molar-refractivity contribution in [1.29, 1.82) is 0 Å². The molecule has 8 heteroatoms. The SMILES string of the molecule is C=C(/N=C(\C=C/C)C(CC)C(=O)Nc1ccc(-c2cncc(Cl)c2)cn1)NNC1CC1. The fraction of sp³-hybridized carbons (Fsp3) is 0.304. The maximum atomic E-state index is 13.0. The highest BCUT2D eigenvalue weighted by atomic mass is 35.5. The van der Waals surface area contributed by atoms with Gasteiger partial charge in [0.1, 0.15) is 11.6 Å². The number of halogens is 1. The predicted octanol–water partition coefficient (Wildman–Crippen LogP) is 4.51. The Morgan fingerprint density at radius 1 is 1.32 bits per heavy atom. The van der Waals surface area contributed by atoms with Gasteiger partial charge in [-0.05, 0) is 50.5 Å². The molecule has 0 bridgehead atoms. The normalized spacial score (nSPS) is 15.0. The first-order valence-electron chi connectivity index (χ1n) is 10.3. The minimum absolute atomic E-state index is 0.174. The van der Waals surface area contributed by atoms with Crippen molar-refractivity contribution in [3.63, 3.8) is 0 Å². The number of hydrogen-bond donors (Lipinski definition) is 3. The molecule has 3 rings (SSSR count). The minimum atomic E-state index is -0.436. The maximum absolute atomic E-state index is 13.0. The van der Waals surface area contributed by atoms with Crippen LogP contribution in [0.15, 0.2) is 66.3 Å². The number of pyridine rings is 2. The maximum Gasteiger partial charge on any atom is 0.234 e. The number of nitrogens with zero attached hydrogens (tertiary/aromatic N) is 3. The summed E-state index contributed by atoms with van der Waals surface area (Å²) >= 11 is 6.00. The van der Waals surface area contributed by atoms with Gasteiger partial charge < -0.3 is 10.7 Å². The molecular formula is C23H27ClN6O. The summed E-state index contributed by atoms with van der Waals surface area (Å²) in [5.74, 6) is 0.333. The van der Waals surface area contributed by atoms with E-state index < -0.39 is 5.92 Å². The third kappa shape index (κ3) is 6.73. The highest BCUT2D eigenvalue weighted by Crippen LogP contribution is 2.22. The van der Waals surface area contributed by atoms with Crippen LogP contribution in [0.1, 0.15) is 33.1 Å². The molecule has 0 spiro atoms. The molecule has 2 aromatic heterocycles. The van der Waals surface area contributed by atoms with E-state index in [1.54, 1.807) is 24.7 Å². The number of rotatable bonds is 10. The van der Waals surface area contributed by atoms with Crippen LogP contribution in [0.25, 0.3) is 11.1 Å². The quantitative estimate of drug-likeness (QED) is 0.375. The molecule has 0 aliphatic heterocycles. The number of nitrogens with one attached hydrogen (secondary N) is 3. The Hall–Kier alpha value is -3.03. The molecule has 1 aliphatic carbocycles. The average molecular weight is 439 g/mol. The van der Waals surface area contributed by atoms with E-state index in [0.29, 0.717) is 34.8 Å². The zero-order chi connectivity index (χ0) is 22.2. The Morgan fingerprint density at radius 2 is 2.13 bits per heavy atom. The molecule has 2 aromatic rings. The summed E-state index contributed by atoms with van der Waals surface area (Å²) in [6.45, 7) is 7.77. The third-order valence-electron chi connectivity index (χ3n) is 4.73. The van der Waals surface area contributed by atoms with Gasteiger partial charge >= 0.3 is 0 Å². The first-order valence-corrected chi connectivity index (χ1v) is 10.7. The Labute approximate surface area is 187 Å². The van der Waals surface area contributed by atoms with Crippen molar-refractivity contribution in [2.45, 2.75) is 39.2 Å². The molecule has 1 amide bonds. The van der Waals surface area contributed by atoms with E-state index in [1.807, 2.05) is 38.1 Å². The summed E-state index contributed by atoms with van der Waals surface area (Å²) < 4.78 is 0. The van der Waals surface area contributed by atoms with Crippen LogP contribution < -0.4 is 16.2 Å². The standard InChI is InChI=1S/C23H27ClN6O/c1-4-6-21(27-15(3)29-30-19-8-9-19)20(5-2)23(31)28-22-10-7-16(13-26-22)17-11-18(24)14-25-12-17/h4,6-7,10-14,19-20,29-30H,3,5,8-9H2,1-2H3,(H,26,28,31)/b6-4-,27-21+. The molecule has 1 fully saturated rings. The van der Waals surface area contributed by atoms with Gasteiger partial charge in [0.05, 0.1) is 16.7 Å². The Morgan fingerprint density at radius 3 is 2.74 bits per heavy atom. The Kier molecular flexibility index (Phi) is 7.92. The van der Waals surface area contributed by atoms with Gasteiger partial charge in [-0.25, -0.2) is 15.4 Å². The van der Waals surface area contributed by atoms with Gasteiger partial charge in [-0.15, -0.1) is 0 Å². The number of allylic oxidation sites excluding steroid dienone is 2. The summed E-state index contributed by atoms with van der Waals surface area (Å²) in [6, 6.07) is 5.91. The second kappa shape index (κ2) is 10.8. The highest BCUT2D eigenvalue weighted by Gasteiger charge is 2.23. The smallest absolute Gasteiger partial charge is 0.234 e. The molecular weight excluding hydrogens is 412 g/mol. The average Bonchev–Trinajstić information content (AvgIpc) is 3.58. The lowest BCUT2D eigenvalue weighted by Gasteiger charge is -2.16. The molecule has 0 saturated heterocycles. The lowest BCUT2D eigenvalue weighted by molar-refractivity contribution is -0.118. The van der Waals surface area contributed by atoms with Crippen LogP contribution in [0, 0.1) is 5.92 Å². The molecule has 1 unspecified atom stereocenters. The molecule has 2 heterocycles. The van der Waals surface area contributed by atoms with Crippen LogP contribution >= 0.6 is 11.6 Å². The van der Waals surface area contributed by atoms with E-state index in [9.17, 15) is 4.79 Å². The van der Waals surface area contributed by atoms with E-state index >= 15 is 0 Å². The highest BCUT2D eigenvalue weighted by molar-refractivity contribution is 6.30. The van der Waals surface area contributed by atoms with E-state index in [-0.39, 0.29) is 5.91 Å². The number of hydrogen-bond acceptors (Lipinski definition) is 6. The van der Waals surface area contributed by atoms with E-state index in [0.717, 1.165) is 24.0 Å². The van der Waals surface area contributed by atoms with Gasteiger partial charge in [-0.2, -0.15) is 0 Å². The van der Waals surface area contributed by atoms with Crippen LogP contribution in [-0.2, 0) is 4.79 Å². The topological polar surface area (TPSA) is 91.3 Å². The van der Waals surface area contributed by atoms with Gasteiger partial charge in [0.2, 0.25) is 5.91 Å². The lowest BCUT2D eigenvalue weighted by atomic mass is 9.98. The second-order valence-electron chi connectivity index (χ2n) is 7.30. The van der Waals surface area contributed by atoms with Gasteiger partial charge in [0.25, 0.3) is 0 Å². The van der Waals surface area contributed by atoms with Gasteiger partial charge in [-0.3, -0.25) is 9.78 Å². The van der Waals surface area contributed by atoms with E-state index in [1.165, 1.54) is 0 Å². The van der Waals surface area contributed by atoms with Crippen LogP contribution in [0.4, 0.5) is 5.82 Å². The largest absolute Gasteiger partial charge is 0.310 e. The molecule has 31 heavy (non-hydrogen) atoms. The Bertz CT molecular complexity index is 982. The summed E-state index contributed by atoms with van der Waals surface area (Å²) in [5, 5.41) is 3.44. The fourth-order valence-electron chi connectivity index (χ4n) is 2.95. The van der Waals surface area contributed by atoms with Crippen molar-refractivity contribution in [2.24, 2.45) is 10.9 Å². The summed E-state index contributed by atoms with van der Waals surface area (Å²) in [7, 11) is 0. The van der Waals surface area contributed by atoms with Crippen molar-refractivity contribution in [1.82, 2.24) is 20.8 Å². The van der Waals surface area contributed by atoms with Gasteiger partial charge in [-0.1, -0.05) is 31.2 Å². The van der Waals surface area contributed by atoms with E-state index in [2.05, 4.69) is 37.7 Å². The third-order valence-corrected chi connectivity index (χ3v) is 4.94. The minimum Gasteiger partial charge on any atom is -0.310 e. The van der Waals surface area contributed by atoms with Gasteiger partial charge in [0, 0.05) is 35.8 Å². The van der Waals surface area contributed by atoms with Crippen molar-refractivity contribution >= 4 is 29.0 Å². The molecule has 1 atom stereocenters. The van der Waals surface area contributed by atoms with Crippen LogP contribution in [-0.4, -0.2) is 27.6 Å². The number of aromatic nitrogens is 2. The lowest BCUT2D eigenvalue weighted by Crippen LogP contribution is -2.33. The zero-order valence-electron chi connectivity index (χ0n) is 17.7. The second-order valence-corrected chi connectivity index (χ2v) is 7.74. The number of aliphatic imine (C=N–C) groups is 1. The molecule has 3 N–H and O–H groups in total.